The minimum atomic E-state index is -0.0934. The maximum atomic E-state index is 12.7. The number of quaternary nitrogens is 1. The van der Waals surface area contributed by atoms with Gasteiger partial charge in [-0.25, -0.2) is 0 Å². The van der Waals surface area contributed by atoms with E-state index in [0.29, 0.717) is 5.02 Å². The van der Waals surface area contributed by atoms with Gasteiger partial charge in [0.15, 0.2) is 6.04 Å². The molecule has 2 aromatic carbocycles. The monoisotopic (exact) mass is 386 g/mol. The number of piperazine rings is 1. The molecule has 0 radical (unpaired) electrons. The lowest BCUT2D eigenvalue weighted by Gasteiger charge is -2.36. The highest BCUT2D eigenvalue weighted by molar-refractivity contribution is 6.31. The molecule has 2 N–H and O–H groups in total. The highest BCUT2D eigenvalue weighted by Gasteiger charge is 2.30. The van der Waals surface area contributed by atoms with Gasteiger partial charge in [-0.3, -0.25) is 4.79 Å². The van der Waals surface area contributed by atoms with Crippen LogP contribution in [0, 0.1) is 20.8 Å². The Morgan fingerprint density at radius 2 is 1.74 bits per heavy atom. The van der Waals surface area contributed by atoms with Gasteiger partial charge in [-0.2, -0.15) is 0 Å². The van der Waals surface area contributed by atoms with E-state index in [-0.39, 0.29) is 11.9 Å². The highest BCUT2D eigenvalue weighted by Crippen LogP contribution is 2.24. The molecule has 1 aliphatic rings. The first kappa shape index (κ1) is 19.7. The molecule has 0 unspecified atom stereocenters. The Morgan fingerprint density at radius 3 is 2.44 bits per heavy atom. The van der Waals surface area contributed by atoms with Gasteiger partial charge in [-0.1, -0.05) is 29.8 Å². The van der Waals surface area contributed by atoms with Gasteiger partial charge >= 0.3 is 0 Å². The number of nitrogens with zero attached hydrogens (tertiary/aromatic N) is 1. The molecule has 1 fully saturated rings. The van der Waals surface area contributed by atoms with Crippen LogP contribution < -0.4 is 15.1 Å². The summed E-state index contributed by atoms with van der Waals surface area (Å²) in [6.45, 7) is 12.1. The van der Waals surface area contributed by atoms with E-state index in [0.717, 1.165) is 37.4 Å². The predicted molar refractivity (Wildman–Crippen MR) is 113 cm³/mol. The number of hydrogen-bond donors (Lipinski definition) is 2. The van der Waals surface area contributed by atoms with E-state index in [9.17, 15) is 4.79 Å². The second-order valence-electron chi connectivity index (χ2n) is 7.49. The van der Waals surface area contributed by atoms with E-state index in [1.807, 2.05) is 32.0 Å². The second kappa shape index (κ2) is 8.32. The van der Waals surface area contributed by atoms with Gasteiger partial charge in [-0.15, -0.1) is 0 Å². The number of rotatable bonds is 4. The van der Waals surface area contributed by atoms with E-state index >= 15 is 0 Å². The van der Waals surface area contributed by atoms with Crippen LogP contribution in [0.15, 0.2) is 36.4 Å². The molecule has 1 saturated heterocycles. The fourth-order valence-corrected chi connectivity index (χ4v) is 3.89. The third-order valence-corrected chi connectivity index (χ3v) is 6.26. The fraction of sp³-hybridized carbons (Fsp3) is 0.409. The maximum Gasteiger partial charge on any atom is 0.282 e. The van der Waals surface area contributed by atoms with Crippen molar-refractivity contribution in [2.24, 2.45) is 0 Å². The maximum absolute atomic E-state index is 12.7. The molecule has 27 heavy (non-hydrogen) atoms. The Balaban J connectivity index is 1.61. The van der Waals surface area contributed by atoms with E-state index in [2.05, 4.69) is 42.3 Å². The van der Waals surface area contributed by atoms with Gasteiger partial charge in [-0.05, 0) is 62.6 Å². The summed E-state index contributed by atoms with van der Waals surface area (Å²) in [4.78, 5) is 16.5. The van der Waals surface area contributed by atoms with Crippen LogP contribution >= 0.6 is 11.6 Å². The zero-order valence-electron chi connectivity index (χ0n) is 16.6. The summed E-state index contributed by atoms with van der Waals surface area (Å²) in [6.07, 6.45) is 0. The summed E-state index contributed by atoms with van der Waals surface area (Å²) < 4.78 is 0. The van der Waals surface area contributed by atoms with Gasteiger partial charge in [0.2, 0.25) is 0 Å². The Morgan fingerprint density at radius 1 is 1.07 bits per heavy atom. The number of aryl methyl sites for hydroxylation is 1. The SMILES string of the molecule is Cc1cccc(N2CC[NH+]([C@H](C)C(=O)Nc3cccc(Cl)c3C)CC2)c1C. The first-order valence-corrected chi connectivity index (χ1v) is 9.98. The molecule has 0 spiro atoms. The molecular weight excluding hydrogens is 358 g/mol. The fourth-order valence-electron chi connectivity index (χ4n) is 3.72. The first-order valence-electron chi connectivity index (χ1n) is 9.60. The molecule has 0 aliphatic carbocycles. The lowest BCUT2D eigenvalue weighted by atomic mass is 10.1. The number of benzene rings is 2. The van der Waals surface area contributed by atoms with Crippen molar-refractivity contribution in [2.75, 3.05) is 36.4 Å². The van der Waals surface area contributed by atoms with E-state index < -0.39 is 0 Å². The third kappa shape index (κ3) is 4.28. The molecule has 1 heterocycles. The lowest BCUT2D eigenvalue weighted by molar-refractivity contribution is -0.914. The van der Waals surface area contributed by atoms with Crippen molar-refractivity contribution in [3.63, 3.8) is 0 Å². The van der Waals surface area contributed by atoms with Crippen molar-refractivity contribution in [1.82, 2.24) is 0 Å². The van der Waals surface area contributed by atoms with Crippen LogP contribution in [0.25, 0.3) is 0 Å². The summed E-state index contributed by atoms with van der Waals surface area (Å²) in [5.41, 5.74) is 5.71. The van der Waals surface area contributed by atoms with E-state index in [1.54, 1.807) is 0 Å². The Bertz CT molecular complexity index is 828. The molecule has 1 atom stereocenters. The van der Waals surface area contributed by atoms with Crippen molar-refractivity contribution in [2.45, 2.75) is 33.7 Å². The first-order chi connectivity index (χ1) is 12.9. The number of carbonyl (C=O) groups is 1. The minimum absolute atomic E-state index is 0.0514. The number of halogens is 1. The Kier molecular flexibility index (Phi) is 6.08. The molecule has 1 aliphatic heterocycles. The van der Waals surface area contributed by atoms with Crippen LogP contribution in [0.3, 0.4) is 0 Å². The molecule has 0 saturated carbocycles. The molecule has 144 valence electrons. The summed E-state index contributed by atoms with van der Waals surface area (Å²) in [5, 5.41) is 3.73. The third-order valence-electron chi connectivity index (χ3n) is 5.85. The van der Waals surface area contributed by atoms with Gasteiger partial charge < -0.3 is 15.1 Å². The van der Waals surface area contributed by atoms with Crippen LogP contribution in [0.1, 0.15) is 23.6 Å². The average molecular weight is 387 g/mol. The van der Waals surface area contributed by atoms with Crippen LogP contribution in [-0.2, 0) is 4.79 Å². The average Bonchev–Trinajstić information content (AvgIpc) is 2.67. The lowest BCUT2D eigenvalue weighted by Crippen LogP contribution is -3.19. The molecule has 1 amide bonds. The smallest absolute Gasteiger partial charge is 0.282 e. The van der Waals surface area contributed by atoms with Crippen LogP contribution in [0.2, 0.25) is 5.02 Å². The highest BCUT2D eigenvalue weighted by atomic mass is 35.5. The number of nitrogens with one attached hydrogen (secondary N) is 2. The van der Waals surface area contributed by atoms with Crippen LogP contribution in [0.4, 0.5) is 11.4 Å². The number of amides is 1. The molecule has 2 aromatic rings. The molecule has 4 nitrogen and oxygen atoms in total. The van der Waals surface area contributed by atoms with E-state index in [4.69, 9.17) is 11.6 Å². The van der Waals surface area contributed by atoms with Gasteiger partial charge in [0.25, 0.3) is 5.91 Å². The van der Waals surface area contributed by atoms with Gasteiger partial charge in [0, 0.05) is 16.4 Å². The van der Waals surface area contributed by atoms with Gasteiger partial charge in [0.1, 0.15) is 0 Å². The molecule has 0 aromatic heterocycles. The van der Waals surface area contributed by atoms with Crippen LogP contribution in [-0.4, -0.2) is 38.1 Å². The van der Waals surface area contributed by atoms with Gasteiger partial charge in [0.05, 0.1) is 26.2 Å². The van der Waals surface area contributed by atoms with Crippen molar-refractivity contribution < 1.29 is 9.69 Å². The summed E-state index contributed by atoms with van der Waals surface area (Å²) >= 11 is 6.16. The number of carbonyl (C=O) groups excluding carboxylic acids is 1. The largest absolute Gasteiger partial charge is 0.360 e. The summed E-state index contributed by atoms with van der Waals surface area (Å²) in [6, 6.07) is 12.0. The Hall–Kier alpha value is -2.04. The minimum Gasteiger partial charge on any atom is -0.360 e. The second-order valence-corrected chi connectivity index (χ2v) is 7.89. The van der Waals surface area contributed by atoms with Crippen LogP contribution in [0.5, 0.6) is 0 Å². The molecule has 5 heteroatoms. The standard InChI is InChI=1S/C22H28ClN3O/c1-15-7-5-10-21(16(15)2)26-13-11-25(12-14-26)18(4)22(27)24-20-9-6-8-19(23)17(20)3/h5-10,18H,11-14H2,1-4H3,(H,24,27)/p+1/t18-/m1/s1. The van der Waals surface area contributed by atoms with Crippen molar-refractivity contribution >= 4 is 28.9 Å². The van der Waals surface area contributed by atoms with Crippen molar-refractivity contribution in [3.05, 3.63) is 58.1 Å². The zero-order chi connectivity index (χ0) is 19.6. The zero-order valence-corrected chi connectivity index (χ0v) is 17.4. The molecule has 3 rings (SSSR count). The summed E-state index contributed by atoms with van der Waals surface area (Å²) in [5.74, 6) is 0.0514. The predicted octanol–water partition coefficient (Wildman–Crippen LogP) is 3.00. The topological polar surface area (TPSA) is 36.8 Å². The number of anilines is 2. The number of hydrogen-bond acceptors (Lipinski definition) is 2. The summed E-state index contributed by atoms with van der Waals surface area (Å²) in [7, 11) is 0. The quantitative estimate of drug-likeness (QED) is 0.847. The van der Waals surface area contributed by atoms with E-state index in [1.165, 1.54) is 21.7 Å². The van der Waals surface area contributed by atoms with Crippen molar-refractivity contribution in [3.8, 4) is 0 Å². The van der Waals surface area contributed by atoms with Crippen molar-refractivity contribution in [1.29, 1.82) is 0 Å². The Labute approximate surface area is 167 Å². The molecule has 0 bridgehead atoms. The normalized spacial score (nSPS) is 16.3. The molecular formula is C22H29ClN3O+.